The molecule has 1 aromatic carbocycles. The average molecular weight is 209 g/mol. The molecule has 1 heterocycles. The van der Waals surface area contributed by atoms with E-state index in [1.807, 2.05) is 18.2 Å². The Morgan fingerprint density at radius 2 is 2.00 bits per heavy atom. The van der Waals surface area contributed by atoms with Crippen LogP contribution in [0.25, 0.3) is 0 Å². The van der Waals surface area contributed by atoms with Gasteiger partial charge in [-0.25, -0.2) is 0 Å². The van der Waals surface area contributed by atoms with Crippen LogP contribution in [0.4, 0.5) is 0 Å². The molecular formula is C11H15NO3. The highest BCUT2D eigenvalue weighted by atomic mass is 16.6. The topological polar surface area (TPSA) is 64.7 Å². The smallest absolute Gasteiger partial charge is 0.161 e. The Labute approximate surface area is 88.6 Å². The summed E-state index contributed by atoms with van der Waals surface area (Å²) in [6, 6.07) is 5.54. The summed E-state index contributed by atoms with van der Waals surface area (Å²) in [6.45, 7) is 1.18. The third-order valence-electron chi connectivity index (χ3n) is 2.34. The minimum absolute atomic E-state index is 0.00551. The average Bonchev–Trinajstić information content (AvgIpc) is 2.29. The number of rotatable bonds is 3. The molecule has 1 atom stereocenters. The van der Waals surface area contributed by atoms with E-state index in [4.69, 9.17) is 20.3 Å². The summed E-state index contributed by atoms with van der Waals surface area (Å²) >= 11 is 0. The second kappa shape index (κ2) is 4.51. The molecule has 0 spiro atoms. The fourth-order valence-electron chi connectivity index (χ4n) is 1.58. The van der Waals surface area contributed by atoms with Crippen LogP contribution in [-0.4, -0.2) is 31.0 Å². The molecule has 0 saturated heterocycles. The standard InChI is InChI=1S/C11H15NO3/c12-9(7-13)5-8-1-2-10-11(6-8)15-4-3-14-10/h1-2,6,9,13H,3-5,7,12H2. The largest absolute Gasteiger partial charge is 0.486 e. The van der Waals surface area contributed by atoms with Gasteiger partial charge in [-0.15, -0.1) is 0 Å². The van der Waals surface area contributed by atoms with Crippen molar-refractivity contribution in [3.8, 4) is 11.5 Å². The van der Waals surface area contributed by atoms with Gasteiger partial charge in [-0.1, -0.05) is 6.07 Å². The summed E-state index contributed by atoms with van der Waals surface area (Å²) in [5.41, 5.74) is 6.72. The van der Waals surface area contributed by atoms with Crippen molar-refractivity contribution in [2.75, 3.05) is 19.8 Å². The Balaban J connectivity index is 2.13. The van der Waals surface area contributed by atoms with Gasteiger partial charge in [0.1, 0.15) is 13.2 Å². The van der Waals surface area contributed by atoms with Crippen molar-refractivity contribution in [3.05, 3.63) is 23.8 Å². The Kier molecular flexibility index (Phi) is 3.08. The molecule has 1 aliphatic rings. The molecule has 4 nitrogen and oxygen atoms in total. The second-order valence-electron chi connectivity index (χ2n) is 3.62. The monoisotopic (exact) mass is 209 g/mol. The van der Waals surface area contributed by atoms with Gasteiger partial charge in [-0.3, -0.25) is 0 Å². The molecule has 0 aliphatic carbocycles. The SMILES string of the molecule is NC(CO)Cc1ccc2c(c1)OCCO2. The van der Waals surface area contributed by atoms with Crippen LogP contribution in [0.2, 0.25) is 0 Å². The molecule has 0 aromatic heterocycles. The lowest BCUT2D eigenvalue weighted by atomic mass is 10.1. The van der Waals surface area contributed by atoms with Crippen molar-refractivity contribution in [1.82, 2.24) is 0 Å². The number of aliphatic hydroxyl groups is 1. The highest BCUT2D eigenvalue weighted by Crippen LogP contribution is 2.30. The molecule has 2 rings (SSSR count). The van der Waals surface area contributed by atoms with Gasteiger partial charge in [-0.2, -0.15) is 0 Å². The lowest BCUT2D eigenvalue weighted by molar-refractivity contribution is 0.171. The number of ether oxygens (including phenoxy) is 2. The van der Waals surface area contributed by atoms with E-state index >= 15 is 0 Å². The highest BCUT2D eigenvalue weighted by molar-refractivity contribution is 5.44. The lowest BCUT2D eigenvalue weighted by Gasteiger charge is -2.19. The van der Waals surface area contributed by atoms with Crippen molar-refractivity contribution in [2.24, 2.45) is 5.73 Å². The molecule has 0 saturated carbocycles. The van der Waals surface area contributed by atoms with Crippen LogP contribution in [0.5, 0.6) is 11.5 Å². The Morgan fingerprint density at radius 1 is 1.27 bits per heavy atom. The van der Waals surface area contributed by atoms with Gasteiger partial charge in [-0.05, 0) is 24.1 Å². The number of fused-ring (bicyclic) bond motifs is 1. The van der Waals surface area contributed by atoms with Gasteiger partial charge in [0.2, 0.25) is 0 Å². The van der Waals surface area contributed by atoms with Crippen molar-refractivity contribution >= 4 is 0 Å². The molecule has 0 radical (unpaired) electrons. The molecule has 0 amide bonds. The summed E-state index contributed by atoms with van der Waals surface area (Å²) in [5, 5.41) is 8.85. The first kappa shape index (κ1) is 10.3. The predicted molar refractivity (Wildman–Crippen MR) is 56.2 cm³/mol. The van der Waals surface area contributed by atoms with Crippen LogP contribution in [0, 0.1) is 0 Å². The molecule has 1 aromatic rings. The normalized spacial score (nSPS) is 16.1. The zero-order valence-electron chi connectivity index (χ0n) is 8.48. The van der Waals surface area contributed by atoms with E-state index in [1.54, 1.807) is 0 Å². The molecule has 1 aliphatic heterocycles. The first-order chi connectivity index (χ1) is 7.29. The van der Waals surface area contributed by atoms with Gasteiger partial charge in [0, 0.05) is 6.04 Å². The Morgan fingerprint density at radius 3 is 2.73 bits per heavy atom. The van der Waals surface area contributed by atoms with Crippen LogP contribution in [0.3, 0.4) is 0 Å². The van der Waals surface area contributed by atoms with Gasteiger partial charge < -0.3 is 20.3 Å². The maximum Gasteiger partial charge on any atom is 0.161 e. The van der Waals surface area contributed by atoms with Crippen molar-refractivity contribution < 1.29 is 14.6 Å². The van der Waals surface area contributed by atoms with Gasteiger partial charge in [0.25, 0.3) is 0 Å². The molecule has 0 fully saturated rings. The van der Waals surface area contributed by atoms with Gasteiger partial charge in [0.05, 0.1) is 6.61 Å². The molecule has 3 N–H and O–H groups in total. The van der Waals surface area contributed by atoms with Crippen molar-refractivity contribution in [2.45, 2.75) is 12.5 Å². The van der Waals surface area contributed by atoms with Crippen molar-refractivity contribution in [1.29, 1.82) is 0 Å². The van der Waals surface area contributed by atoms with Gasteiger partial charge >= 0.3 is 0 Å². The van der Waals surface area contributed by atoms with Crippen LogP contribution in [0.1, 0.15) is 5.56 Å². The Hall–Kier alpha value is -1.26. The third-order valence-corrected chi connectivity index (χ3v) is 2.34. The second-order valence-corrected chi connectivity index (χ2v) is 3.62. The van der Waals surface area contributed by atoms with Crippen molar-refractivity contribution in [3.63, 3.8) is 0 Å². The zero-order valence-corrected chi connectivity index (χ0v) is 8.48. The van der Waals surface area contributed by atoms with E-state index in [1.165, 1.54) is 0 Å². The molecular weight excluding hydrogens is 194 g/mol. The minimum atomic E-state index is -0.215. The Bertz CT molecular complexity index is 341. The summed E-state index contributed by atoms with van der Waals surface area (Å²) in [6.07, 6.45) is 0.646. The van der Waals surface area contributed by atoms with Crippen LogP contribution in [0.15, 0.2) is 18.2 Å². The van der Waals surface area contributed by atoms with E-state index < -0.39 is 0 Å². The first-order valence-corrected chi connectivity index (χ1v) is 5.04. The quantitative estimate of drug-likeness (QED) is 0.752. The third kappa shape index (κ3) is 2.40. The molecule has 0 bridgehead atoms. The number of nitrogens with two attached hydrogens (primary N) is 1. The van der Waals surface area contributed by atoms with Crippen LogP contribution in [-0.2, 0) is 6.42 Å². The fourth-order valence-corrected chi connectivity index (χ4v) is 1.58. The molecule has 15 heavy (non-hydrogen) atoms. The summed E-state index contributed by atoms with van der Waals surface area (Å²) < 4.78 is 10.9. The molecule has 4 heteroatoms. The zero-order chi connectivity index (χ0) is 10.7. The summed E-state index contributed by atoms with van der Waals surface area (Å²) in [4.78, 5) is 0. The molecule has 82 valence electrons. The van der Waals surface area contributed by atoms with Gasteiger partial charge in [0.15, 0.2) is 11.5 Å². The van der Waals surface area contributed by atoms with E-state index in [9.17, 15) is 0 Å². The maximum absolute atomic E-state index is 8.85. The fraction of sp³-hybridized carbons (Fsp3) is 0.455. The summed E-state index contributed by atoms with van der Waals surface area (Å²) in [7, 11) is 0. The highest BCUT2D eigenvalue weighted by Gasteiger charge is 2.12. The number of hydrogen-bond acceptors (Lipinski definition) is 4. The van der Waals surface area contributed by atoms with E-state index in [2.05, 4.69) is 0 Å². The maximum atomic E-state index is 8.85. The van der Waals surface area contributed by atoms with Crippen LogP contribution < -0.4 is 15.2 Å². The van der Waals surface area contributed by atoms with E-state index in [0.29, 0.717) is 19.6 Å². The predicted octanol–water partition coefficient (Wildman–Crippen LogP) is 0.320. The number of hydrogen-bond donors (Lipinski definition) is 2. The first-order valence-electron chi connectivity index (χ1n) is 5.04. The molecule has 1 unspecified atom stereocenters. The van der Waals surface area contributed by atoms with Crippen LogP contribution >= 0.6 is 0 Å². The van der Waals surface area contributed by atoms with E-state index in [0.717, 1.165) is 17.1 Å². The number of benzene rings is 1. The summed E-state index contributed by atoms with van der Waals surface area (Å²) in [5.74, 6) is 1.55. The van der Waals surface area contributed by atoms with E-state index in [-0.39, 0.29) is 12.6 Å². The minimum Gasteiger partial charge on any atom is -0.486 e. The lowest BCUT2D eigenvalue weighted by Crippen LogP contribution is -2.26. The number of aliphatic hydroxyl groups excluding tert-OH is 1.